The van der Waals surface area contributed by atoms with Gasteiger partial charge in [0.1, 0.15) is 5.75 Å². The summed E-state index contributed by atoms with van der Waals surface area (Å²) in [5, 5.41) is 8.56. The molecule has 0 atom stereocenters. The highest BCUT2D eigenvalue weighted by Crippen LogP contribution is 2.28. The maximum atomic E-state index is 12.0. The van der Waals surface area contributed by atoms with E-state index in [1.54, 1.807) is 24.3 Å². The van der Waals surface area contributed by atoms with Crippen LogP contribution in [0.1, 0.15) is 18.1 Å². The molecule has 5 nitrogen and oxygen atoms in total. The number of hydrogen-bond acceptors (Lipinski definition) is 5. The zero-order chi connectivity index (χ0) is 18.1. The van der Waals surface area contributed by atoms with Crippen molar-refractivity contribution in [1.29, 1.82) is 5.26 Å². The van der Waals surface area contributed by atoms with Crippen LogP contribution in [-0.2, 0) is 11.2 Å². The molecule has 25 heavy (non-hydrogen) atoms. The molecule has 0 saturated carbocycles. The van der Waals surface area contributed by atoms with Crippen molar-refractivity contribution in [3.8, 4) is 23.3 Å². The third-order valence-corrected chi connectivity index (χ3v) is 3.45. The highest BCUT2D eigenvalue weighted by Gasteiger charge is 2.11. The van der Waals surface area contributed by atoms with Crippen LogP contribution in [0, 0.1) is 11.3 Å². The molecular formula is C20H19NO4. The van der Waals surface area contributed by atoms with Crippen molar-refractivity contribution < 1.29 is 19.0 Å². The number of carbonyl (C=O) groups excluding carboxylic acids is 1. The summed E-state index contributed by atoms with van der Waals surface area (Å²) in [6.45, 7) is 1.87. The van der Waals surface area contributed by atoms with Crippen molar-refractivity contribution in [3.05, 3.63) is 59.7 Å². The molecule has 0 aliphatic carbocycles. The predicted molar refractivity (Wildman–Crippen MR) is 94.6 cm³/mol. The lowest BCUT2D eigenvalue weighted by atomic mass is 10.2. The van der Waals surface area contributed by atoms with Crippen molar-refractivity contribution in [2.75, 3.05) is 13.7 Å². The fourth-order valence-electron chi connectivity index (χ4n) is 2.12. The first kappa shape index (κ1) is 18.1. The Morgan fingerprint density at radius 3 is 2.56 bits per heavy atom. The van der Waals surface area contributed by atoms with E-state index < -0.39 is 5.97 Å². The summed E-state index contributed by atoms with van der Waals surface area (Å²) >= 11 is 0. The first-order valence-electron chi connectivity index (χ1n) is 7.83. The van der Waals surface area contributed by atoms with Crippen LogP contribution in [0.2, 0.25) is 0 Å². The fourth-order valence-corrected chi connectivity index (χ4v) is 2.12. The van der Waals surface area contributed by atoms with Crippen molar-refractivity contribution >= 4 is 12.0 Å². The second-order valence-electron chi connectivity index (χ2n) is 5.13. The molecule has 0 aliphatic rings. The van der Waals surface area contributed by atoms with Gasteiger partial charge in [0.25, 0.3) is 0 Å². The van der Waals surface area contributed by atoms with Gasteiger partial charge in [-0.1, -0.05) is 25.1 Å². The third kappa shape index (κ3) is 5.40. The maximum Gasteiger partial charge on any atom is 0.349 e. The first-order valence-corrected chi connectivity index (χ1v) is 7.83. The van der Waals surface area contributed by atoms with Gasteiger partial charge in [0.15, 0.2) is 18.1 Å². The molecule has 2 aromatic carbocycles. The Labute approximate surface area is 147 Å². The normalized spacial score (nSPS) is 10.3. The summed E-state index contributed by atoms with van der Waals surface area (Å²) in [5.74, 6) is 0.781. The van der Waals surface area contributed by atoms with Crippen LogP contribution in [0.4, 0.5) is 0 Å². The molecule has 0 radical (unpaired) electrons. The van der Waals surface area contributed by atoms with Crippen molar-refractivity contribution in [2.24, 2.45) is 0 Å². The van der Waals surface area contributed by atoms with Gasteiger partial charge in [-0.15, -0.1) is 0 Å². The number of methoxy groups -OCH3 is 1. The van der Waals surface area contributed by atoms with Crippen molar-refractivity contribution in [1.82, 2.24) is 0 Å². The van der Waals surface area contributed by atoms with Gasteiger partial charge in [0, 0.05) is 6.08 Å². The van der Waals surface area contributed by atoms with Gasteiger partial charge in [-0.05, 0) is 47.9 Å². The topological polar surface area (TPSA) is 68.5 Å². The first-order chi connectivity index (χ1) is 12.2. The summed E-state index contributed by atoms with van der Waals surface area (Å²) in [6, 6.07) is 14.5. The number of nitrogens with zero attached hydrogens (tertiary/aromatic N) is 1. The van der Waals surface area contributed by atoms with E-state index in [0.717, 1.165) is 12.0 Å². The number of rotatable bonds is 7. The lowest BCUT2D eigenvalue weighted by molar-refractivity contribution is -0.136. The molecule has 0 aromatic heterocycles. The number of esters is 1. The molecule has 0 unspecified atom stereocenters. The Hall–Kier alpha value is -3.26. The van der Waals surface area contributed by atoms with Gasteiger partial charge in [0.2, 0.25) is 0 Å². The number of ether oxygens (including phenoxy) is 3. The molecule has 0 amide bonds. The molecule has 128 valence electrons. The highest BCUT2D eigenvalue weighted by atomic mass is 16.6. The fraction of sp³-hybridized carbons (Fsp3) is 0.200. The summed E-state index contributed by atoms with van der Waals surface area (Å²) < 4.78 is 15.9. The van der Waals surface area contributed by atoms with E-state index in [4.69, 9.17) is 19.5 Å². The summed E-state index contributed by atoms with van der Waals surface area (Å²) in [7, 11) is 1.48. The zero-order valence-corrected chi connectivity index (χ0v) is 14.2. The molecule has 2 aromatic rings. The van der Waals surface area contributed by atoms with Crippen LogP contribution in [0.5, 0.6) is 17.2 Å². The van der Waals surface area contributed by atoms with Gasteiger partial charge in [-0.25, -0.2) is 4.79 Å². The van der Waals surface area contributed by atoms with E-state index in [0.29, 0.717) is 17.2 Å². The number of benzene rings is 2. The minimum absolute atomic E-state index is 0.204. The summed E-state index contributed by atoms with van der Waals surface area (Å²) in [6.07, 6.45) is 3.94. The smallest absolute Gasteiger partial charge is 0.349 e. The predicted octanol–water partition coefficient (Wildman–Crippen LogP) is 3.78. The molecule has 2 rings (SSSR count). The largest absolute Gasteiger partial charge is 0.493 e. The molecular weight excluding hydrogens is 318 g/mol. The average Bonchev–Trinajstić information content (AvgIpc) is 2.65. The van der Waals surface area contributed by atoms with Gasteiger partial charge < -0.3 is 14.2 Å². The molecule has 0 N–H and O–H groups in total. The van der Waals surface area contributed by atoms with Gasteiger partial charge in [-0.3, -0.25) is 0 Å². The van der Waals surface area contributed by atoms with E-state index in [1.807, 2.05) is 30.3 Å². The van der Waals surface area contributed by atoms with E-state index in [9.17, 15) is 4.79 Å². The number of allylic oxidation sites excluding steroid dienone is 1. The monoisotopic (exact) mass is 337 g/mol. The molecule has 5 heteroatoms. The maximum absolute atomic E-state index is 12.0. The quantitative estimate of drug-likeness (QED) is 0.437. The molecule has 0 spiro atoms. The van der Waals surface area contributed by atoms with Crippen molar-refractivity contribution in [2.45, 2.75) is 13.3 Å². The van der Waals surface area contributed by atoms with Gasteiger partial charge in [0.05, 0.1) is 13.2 Å². The molecule has 0 aliphatic heterocycles. The lowest BCUT2D eigenvalue weighted by Gasteiger charge is -2.11. The molecule has 0 bridgehead atoms. The lowest BCUT2D eigenvalue weighted by Crippen LogP contribution is -2.18. The Bertz CT molecular complexity index is 788. The molecule has 0 saturated heterocycles. The Morgan fingerprint density at radius 2 is 1.92 bits per heavy atom. The van der Waals surface area contributed by atoms with Gasteiger partial charge >= 0.3 is 5.97 Å². The molecule has 0 fully saturated rings. The summed E-state index contributed by atoms with van der Waals surface area (Å²) in [5.41, 5.74) is 1.97. The highest BCUT2D eigenvalue weighted by molar-refractivity contribution is 5.75. The Morgan fingerprint density at radius 1 is 1.16 bits per heavy atom. The van der Waals surface area contributed by atoms with E-state index in [1.165, 1.54) is 18.7 Å². The average molecular weight is 337 g/mol. The van der Waals surface area contributed by atoms with Crippen LogP contribution in [-0.4, -0.2) is 19.7 Å². The summed E-state index contributed by atoms with van der Waals surface area (Å²) in [4.78, 5) is 12.0. The number of aryl methyl sites for hydroxylation is 1. The Balaban J connectivity index is 1.97. The second kappa shape index (κ2) is 9.14. The SMILES string of the molecule is CCc1ccc(OCC(=O)Oc2ccc(/C=C\C#N)cc2OC)cc1. The number of hydrogen-bond donors (Lipinski definition) is 0. The van der Waals surface area contributed by atoms with Crippen LogP contribution in [0.25, 0.3) is 6.08 Å². The minimum Gasteiger partial charge on any atom is -0.493 e. The van der Waals surface area contributed by atoms with E-state index >= 15 is 0 Å². The third-order valence-electron chi connectivity index (χ3n) is 3.45. The number of carbonyl (C=O) groups is 1. The van der Waals surface area contributed by atoms with E-state index in [2.05, 4.69) is 6.92 Å². The standard InChI is InChI=1S/C20H19NO4/c1-3-15-6-9-17(10-7-15)24-14-20(22)25-18-11-8-16(5-4-12-21)13-19(18)23-2/h4-11,13H,3,14H2,1-2H3/b5-4-. The van der Waals surface area contributed by atoms with Crippen LogP contribution < -0.4 is 14.2 Å². The van der Waals surface area contributed by atoms with Gasteiger partial charge in [-0.2, -0.15) is 5.26 Å². The van der Waals surface area contributed by atoms with Crippen molar-refractivity contribution in [3.63, 3.8) is 0 Å². The second-order valence-corrected chi connectivity index (χ2v) is 5.13. The number of nitriles is 1. The minimum atomic E-state index is -0.529. The molecule has 0 heterocycles. The van der Waals surface area contributed by atoms with E-state index in [-0.39, 0.29) is 6.61 Å². The van der Waals surface area contributed by atoms with Crippen LogP contribution >= 0.6 is 0 Å². The Kier molecular flexibility index (Phi) is 6.61. The van der Waals surface area contributed by atoms with Crippen LogP contribution in [0.15, 0.2) is 48.5 Å². The van der Waals surface area contributed by atoms with Crippen LogP contribution in [0.3, 0.4) is 0 Å². The zero-order valence-electron chi connectivity index (χ0n) is 14.2.